The Hall–Kier alpha value is -0.820. The van der Waals surface area contributed by atoms with Crippen LogP contribution in [0.1, 0.15) is 36.8 Å². The highest BCUT2D eigenvalue weighted by Gasteiger charge is 2.43. The van der Waals surface area contributed by atoms with Crippen molar-refractivity contribution in [2.45, 2.75) is 45.1 Å². The second kappa shape index (κ2) is 3.89. The minimum atomic E-state index is 0.608. The molecule has 0 aliphatic heterocycles. The van der Waals surface area contributed by atoms with Crippen molar-refractivity contribution >= 4 is 0 Å². The summed E-state index contributed by atoms with van der Waals surface area (Å²) in [4.78, 5) is 0. The average molecular weight is 215 g/mol. The number of benzene rings is 1. The average Bonchev–Trinajstić information content (AvgIpc) is 3.11. The van der Waals surface area contributed by atoms with Crippen LogP contribution in [0.3, 0.4) is 0 Å². The van der Waals surface area contributed by atoms with E-state index in [9.17, 15) is 0 Å². The molecule has 0 bridgehead atoms. The first-order chi connectivity index (χ1) is 7.76. The predicted molar refractivity (Wildman–Crippen MR) is 67.6 cm³/mol. The highest BCUT2D eigenvalue weighted by molar-refractivity contribution is 5.24. The van der Waals surface area contributed by atoms with Gasteiger partial charge in [0.15, 0.2) is 0 Å². The number of nitrogens with one attached hydrogen (secondary N) is 1. The van der Waals surface area contributed by atoms with Gasteiger partial charge in [-0.2, -0.15) is 0 Å². The van der Waals surface area contributed by atoms with E-state index < -0.39 is 0 Å². The van der Waals surface area contributed by atoms with Gasteiger partial charge in [-0.25, -0.2) is 0 Å². The summed E-state index contributed by atoms with van der Waals surface area (Å²) in [7, 11) is 0. The standard InChI is InChI=1S/C15H21N/c1-12-3-2-4-13(9-12)10-15(7-8-15)11-16-14-5-6-14/h2-4,9,14,16H,5-8,10-11H2,1H3. The molecule has 0 aromatic heterocycles. The zero-order valence-corrected chi connectivity index (χ0v) is 10.1. The maximum absolute atomic E-state index is 3.69. The predicted octanol–water partition coefficient (Wildman–Crippen LogP) is 3.07. The largest absolute Gasteiger partial charge is 0.313 e. The Kier molecular flexibility index (Phi) is 2.51. The molecule has 0 unspecified atom stereocenters. The molecule has 1 nitrogen and oxygen atoms in total. The molecule has 2 saturated carbocycles. The summed E-state index contributed by atoms with van der Waals surface area (Å²) in [5.74, 6) is 0. The lowest BCUT2D eigenvalue weighted by molar-refractivity contribution is 0.453. The van der Waals surface area contributed by atoms with Crippen molar-refractivity contribution in [1.82, 2.24) is 5.32 Å². The Morgan fingerprint density at radius 1 is 1.31 bits per heavy atom. The lowest BCUT2D eigenvalue weighted by Crippen LogP contribution is -2.27. The van der Waals surface area contributed by atoms with E-state index in [2.05, 4.69) is 36.5 Å². The molecule has 16 heavy (non-hydrogen) atoms. The van der Waals surface area contributed by atoms with Crippen LogP contribution in [0.2, 0.25) is 0 Å². The van der Waals surface area contributed by atoms with Crippen LogP contribution in [0.15, 0.2) is 24.3 Å². The van der Waals surface area contributed by atoms with E-state index >= 15 is 0 Å². The third kappa shape index (κ3) is 2.46. The second-order valence-electron chi connectivity index (χ2n) is 5.82. The fourth-order valence-corrected chi connectivity index (χ4v) is 2.50. The topological polar surface area (TPSA) is 12.0 Å². The van der Waals surface area contributed by atoms with Crippen molar-refractivity contribution in [3.8, 4) is 0 Å². The Labute approximate surface area is 98.3 Å². The van der Waals surface area contributed by atoms with Crippen LogP contribution in [0.4, 0.5) is 0 Å². The van der Waals surface area contributed by atoms with Crippen LogP contribution in [-0.4, -0.2) is 12.6 Å². The van der Waals surface area contributed by atoms with Gasteiger partial charge in [-0.3, -0.25) is 0 Å². The molecular weight excluding hydrogens is 194 g/mol. The van der Waals surface area contributed by atoms with Crippen LogP contribution in [0.25, 0.3) is 0 Å². The van der Waals surface area contributed by atoms with Gasteiger partial charge in [-0.05, 0) is 50.0 Å². The van der Waals surface area contributed by atoms with Crippen molar-refractivity contribution in [1.29, 1.82) is 0 Å². The zero-order chi connectivity index (χ0) is 11.0. The molecule has 86 valence electrons. The monoisotopic (exact) mass is 215 g/mol. The molecule has 0 amide bonds. The van der Waals surface area contributed by atoms with Gasteiger partial charge in [0.1, 0.15) is 0 Å². The summed E-state index contributed by atoms with van der Waals surface area (Å²) < 4.78 is 0. The fourth-order valence-electron chi connectivity index (χ4n) is 2.50. The Balaban J connectivity index is 1.60. The van der Waals surface area contributed by atoms with Gasteiger partial charge in [-0.1, -0.05) is 29.8 Å². The minimum Gasteiger partial charge on any atom is -0.313 e. The van der Waals surface area contributed by atoms with Gasteiger partial charge in [0, 0.05) is 12.6 Å². The molecule has 0 spiro atoms. The van der Waals surface area contributed by atoms with E-state index in [-0.39, 0.29) is 0 Å². The molecular formula is C15H21N. The molecule has 0 radical (unpaired) electrons. The summed E-state index contributed by atoms with van der Waals surface area (Å²) in [5.41, 5.74) is 3.52. The molecule has 1 aromatic carbocycles. The normalized spacial score (nSPS) is 22.1. The number of rotatable bonds is 5. The fraction of sp³-hybridized carbons (Fsp3) is 0.600. The first kappa shape index (κ1) is 10.3. The van der Waals surface area contributed by atoms with E-state index in [0.717, 1.165) is 6.04 Å². The van der Waals surface area contributed by atoms with Gasteiger partial charge in [0.2, 0.25) is 0 Å². The highest BCUT2D eigenvalue weighted by atomic mass is 15.0. The van der Waals surface area contributed by atoms with Crippen molar-refractivity contribution in [2.24, 2.45) is 5.41 Å². The molecule has 0 atom stereocenters. The number of hydrogen-bond acceptors (Lipinski definition) is 1. The van der Waals surface area contributed by atoms with Gasteiger partial charge < -0.3 is 5.32 Å². The quantitative estimate of drug-likeness (QED) is 0.796. The van der Waals surface area contributed by atoms with Crippen LogP contribution < -0.4 is 5.32 Å². The smallest absolute Gasteiger partial charge is 0.00684 e. The summed E-state index contributed by atoms with van der Waals surface area (Å²) in [6, 6.07) is 9.86. The van der Waals surface area contributed by atoms with E-state index in [1.165, 1.54) is 49.8 Å². The maximum atomic E-state index is 3.69. The number of hydrogen-bond donors (Lipinski definition) is 1. The maximum Gasteiger partial charge on any atom is 0.00684 e. The van der Waals surface area contributed by atoms with Crippen molar-refractivity contribution in [3.63, 3.8) is 0 Å². The van der Waals surface area contributed by atoms with E-state index in [1.54, 1.807) is 0 Å². The molecule has 1 N–H and O–H groups in total. The zero-order valence-electron chi connectivity index (χ0n) is 10.1. The molecule has 2 fully saturated rings. The molecule has 2 aliphatic rings. The first-order valence-electron chi connectivity index (χ1n) is 6.55. The van der Waals surface area contributed by atoms with Gasteiger partial charge in [0.05, 0.1) is 0 Å². The summed E-state index contributed by atoms with van der Waals surface area (Å²) in [6.45, 7) is 3.43. The van der Waals surface area contributed by atoms with Gasteiger partial charge in [0.25, 0.3) is 0 Å². The second-order valence-corrected chi connectivity index (χ2v) is 5.82. The molecule has 1 heteroatoms. The van der Waals surface area contributed by atoms with E-state index in [1.807, 2.05) is 0 Å². The summed E-state index contributed by atoms with van der Waals surface area (Å²) in [6.07, 6.45) is 6.91. The van der Waals surface area contributed by atoms with Crippen LogP contribution in [-0.2, 0) is 6.42 Å². The Bertz CT molecular complexity index is 375. The molecule has 0 saturated heterocycles. The third-order valence-corrected chi connectivity index (χ3v) is 3.96. The third-order valence-electron chi connectivity index (χ3n) is 3.96. The Morgan fingerprint density at radius 2 is 2.12 bits per heavy atom. The van der Waals surface area contributed by atoms with Crippen LogP contribution >= 0.6 is 0 Å². The summed E-state index contributed by atoms with van der Waals surface area (Å²) in [5, 5.41) is 3.69. The van der Waals surface area contributed by atoms with E-state index in [4.69, 9.17) is 0 Å². The molecule has 2 aliphatic carbocycles. The lowest BCUT2D eigenvalue weighted by atomic mass is 9.95. The van der Waals surface area contributed by atoms with Crippen LogP contribution in [0.5, 0.6) is 0 Å². The number of aryl methyl sites for hydroxylation is 1. The lowest BCUT2D eigenvalue weighted by Gasteiger charge is -2.16. The van der Waals surface area contributed by atoms with Crippen molar-refractivity contribution in [3.05, 3.63) is 35.4 Å². The van der Waals surface area contributed by atoms with Crippen molar-refractivity contribution < 1.29 is 0 Å². The van der Waals surface area contributed by atoms with Gasteiger partial charge >= 0.3 is 0 Å². The van der Waals surface area contributed by atoms with Gasteiger partial charge in [-0.15, -0.1) is 0 Å². The Morgan fingerprint density at radius 3 is 2.75 bits per heavy atom. The van der Waals surface area contributed by atoms with Crippen LogP contribution in [0, 0.1) is 12.3 Å². The molecule has 0 heterocycles. The van der Waals surface area contributed by atoms with Crippen molar-refractivity contribution in [2.75, 3.05) is 6.54 Å². The summed E-state index contributed by atoms with van der Waals surface area (Å²) >= 11 is 0. The SMILES string of the molecule is Cc1cccc(CC2(CNC3CC3)CC2)c1. The minimum absolute atomic E-state index is 0.608. The molecule has 1 aromatic rings. The highest BCUT2D eigenvalue weighted by Crippen LogP contribution is 2.48. The van der Waals surface area contributed by atoms with E-state index in [0.29, 0.717) is 5.41 Å². The first-order valence-corrected chi connectivity index (χ1v) is 6.55. The molecule has 3 rings (SSSR count).